The van der Waals surface area contributed by atoms with Crippen LogP contribution in [0.3, 0.4) is 0 Å². The van der Waals surface area contributed by atoms with Gasteiger partial charge in [-0.15, -0.1) is 0 Å². The summed E-state index contributed by atoms with van der Waals surface area (Å²) in [6.45, 7) is 5.31. The lowest BCUT2D eigenvalue weighted by Crippen LogP contribution is -2.13. The van der Waals surface area contributed by atoms with Gasteiger partial charge in [0.2, 0.25) is 0 Å². The molecule has 0 bridgehead atoms. The Morgan fingerprint density at radius 3 is 2.44 bits per heavy atom. The summed E-state index contributed by atoms with van der Waals surface area (Å²) in [6, 6.07) is 7.61. The standard InChI is InChI=1S/C13H20O3/c1-4-11(2)15-9-10-16-13-8-6-5-7-12(13)14-3/h5-8,11H,4,9-10H2,1-3H3. The third-order valence-electron chi connectivity index (χ3n) is 2.39. The molecule has 0 radical (unpaired) electrons. The van der Waals surface area contributed by atoms with Crippen LogP contribution in [0.25, 0.3) is 0 Å². The molecule has 1 atom stereocenters. The third-order valence-corrected chi connectivity index (χ3v) is 2.39. The molecule has 16 heavy (non-hydrogen) atoms. The molecule has 0 amide bonds. The van der Waals surface area contributed by atoms with Gasteiger partial charge in [0.1, 0.15) is 6.61 Å². The van der Waals surface area contributed by atoms with E-state index < -0.39 is 0 Å². The Hall–Kier alpha value is -1.22. The molecule has 0 saturated carbocycles. The van der Waals surface area contributed by atoms with Crippen molar-refractivity contribution in [2.24, 2.45) is 0 Å². The van der Waals surface area contributed by atoms with Crippen LogP contribution in [0.5, 0.6) is 11.5 Å². The first-order valence-corrected chi connectivity index (χ1v) is 5.65. The fourth-order valence-electron chi connectivity index (χ4n) is 1.26. The average molecular weight is 224 g/mol. The molecule has 3 heteroatoms. The van der Waals surface area contributed by atoms with Crippen LogP contribution in [0.2, 0.25) is 0 Å². The molecule has 0 saturated heterocycles. The maximum absolute atomic E-state index is 5.57. The van der Waals surface area contributed by atoms with Crippen molar-refractivity contribution in [3.63, 3.8) is 0 Å². The summed E-state index contributed by atoms with van der Waals surface area (Å²) in [6.07, 6.45) is 1.32. The minimum Gasteiger partial charge on any atom is -0.493 e. The van der Waals surface area contributed by atoms with Crippen LogP contribution < -0.4 is 9.47 Å². The zero-order valence-corrected chi connectivity index (χ0v) is 10.2. The van der Waals surface area contributed by atoms with Gasteiger partial charge in [-0.3, -0.25) is 0 Å². The highest BCUT2D eigenvalue weighted by Gasteiger charge is 2.02. The molecule has 0 aromatic heterocycles. The van der Waals surface area contributed by atoms with Crippen LogP contribution in [-0.2, 0) is 4.74 Å². The second-order valence-corrected chi connectivity index (χ2v) is 3.59. The third kappa shape index (κ3) is 4.11. The smallest absolute Gasteiger partial charge is 0.161 e. The van der Waals surface area contributed by atoms with Crippen LogP contribution in [0, 0.1) is 0 Å². The van der Waals surface area contributed by atoms with Crippen molar-refractivity contribution in [2.45, 2.75) is 26.4 Å². The Morgan fingerprint density at radius 1 is 1.12 bits per heavy atom. The van der Waals surface area contributed by atoms with E-state index in [4.69, 9.17) is 14.2 Å². The van der Waals surface area contributed by atoms with Crippen molar-refractivity contribution in [1.29, 1.82) is 0 Å². The van der Waals surface area contributed by atoms with Crippen molar-refractivity contribution in [3.8, 4) is 11.5 Å². The van der Waals surface area contributed by atoms with Crippen LogP contribution >= 0.6 is 0 Å². The minimum absolute atomic E-state index is 0.293. The Morgan fingerprint density at radius 2 is 1.81 bits per heavy atom. The van der Waals surface area contributed by atoms with Crippen LogP contribution in [0.1, 0.15) is 20.3 Å². The summed E-state index contributed by atoms with van der Waals surface area (Å²) in [5.41, 5.74) is 0. The quantitative estimate of drug-likeness (QED) is 0.666. The second-order valence-electron chi connectivity index (χ2n) is 3.59. The van der Waals surface area contributed by atoms with Crippen molar-refractivity contribution in [3.05, 3.63) is 24.3 Å². The predicted molar refractivity (Wildman–Crippen MR) is 64.2 cm³/mol. The molecule has 1 unspecified atom stereocenters. The molecule has 3 nitrogen and oxygen atoms in total. The first kappa shape index (κ1) is 12.8. The molecule has 1 rings (SSSR count). The largest absolute Gasteiger partial charge is 0.493 e. The first-order valence-electron chi connectivity index (χ1n) is 5.65. The number of rotatable bonds is 7. The molecule has 0 heterocycles. The second kappa shape index (κ2) is 7.12. The van der Waals surface area contributed by atoms with Crippen molar-refractivity contribution in [2.75, 3.05) is 20.3 Å². The Kier molecular flexibility index (Phi) is 5.72. The van der Waals surface area contributed by atoms with Gasteiger partial charge in [-0.2, -0.15) is 0 Å². The van der Waals surface area contributed by atoms with Crippen LogP contribution in [0.15, 0.2) is 24.3 Å². The average Bonchev–Trinajstić information content (AvgIpc) is 2.34. The first-order chi connectivity index (χ1) is 7.77. The van der Waals surface area contributed by atoms with Gasteiger partial charge in [0.15, 0.2) is 11.5 Å². The summed E-state index contributed by atoms with van der Waals surface area (Å²) in [4.78, 5) is 0. The molecule has 0 N–H and O–H groups in total. The maximum atomic E-state index is 5.57. The molecule has 0 aliphatic carbocycles. The summed E-state index contributed by atoms with van der Waals surface area (Å²) >= 11 is 0. The van der Waals surface area contributed by atoms with E-state index in [0.717, 1.165) is 17.9 Å². The van der Waals surface area contributed by atoms with E-state index in [1.807, 2.05) is 24.3 Å². The van der Waals surface area contributed by atoms with Gasteiger partial charge in [0, 0.05) is 0 Å². The molecule has 90 valence electrons. The lowest BCUT2D eigenvalue weighted by Gasteiger charge is -2.12. The molecule has 0 aliphatic rings. The normalized spacial score (nSPS) is 12.2. The van der Waals surface area contributed by atoms with Gasteiger partial charge in [0.25, 0.3) is 0 Å². The van der Waals surface area contributed by atoms with E-state index in [0.29, 0.717) is 19.3 Å². The van der Waals surface area contributed by atoms with Crippen molar-refractivity contribution >= 4 is 0 Å². The fraction of sp³-hybridized carbons (Fsp3) is 0.538. The van der Waals surface area contributed by atoms with E-state index in [1.54, 1.807) is 7.11 Å². The molecule has 1 aromatic carbocycles. The number of benzene rings is 1. The van der Waals surface area contributed by atoms with Crippen LogP contribution in [0.4, 0.5) is 0 Å². The zero-order chi connectivity index (χ0) is 11.8. The van der Waals surface area contributed by atoms with Gasteiger partial charge in [-0.25, -0.2) is 0 Å². The Labute approximate surface area is 97.3 Å². The minimum atomic E-state index is 0.293. The molecule has 0 spiro atoms. The van der Waals surface area contributed by atoms with Gasteiger partial charge in [-0.1, -0.05) is 19.1 Å². The highest BCUT2D eigenvalue weighted by molar-refractivity contribution is 5.39. The van der Waals surface area contributed by atoms with E-state index in [1.165, 1.54) is 0 Å². The van der Waals surface area contributed by atoms with E-state index in [-0.39, 0.29) is 0 Å². The number of para-hydroxylation sites is 2. The van der Waals surface area contributed by atoms with Crippen molar-refractivity contribution < 1.29 is 14.2 Å². The topological polar surface area (TPSA) is 27.7 Å². The van der Waals surface area contributed by atoms with Crippen molar-refractivity contribution in [1.82, 2.24) is 0 Å². The highest BCUT2D eigenvalue weighted by atomic mass is 16.5. The van der Waals surface area contributed by atoms with Gasteiger partial charge < -0.3 is 14.2 Å². The number of hydrogen-bond donors (Lipinski definition) is 0. The van der Waals surface area contributed by atoms with E-state index in [2.05, 4.69) is 13.8 Å². The fourth-order valence-corrected chi connectivity index (χ4v) is 1.26. The van der Waals surface area contributed by atoms with E-state index in [9.17, 15) is 0 Å². The van der Waals surface area contributed by atoms with Gasteiger partial charge in [-0.05, 0) is 25.5 Å². The van der Waals surface area contributed by atoms with Crippen LogP contribution in [-0.4, -0.2) is 26.4 Å². The molecule has 0 fully saturated rings. The zero-order valence-electron chi connectivity index (χ0n) is 10.2. The Bertz CT molecular complexity index is 299. The SMILES string of the molecule is CCC(C)OCCOc1ccccc1OC. The number of methoxy groups -OCH3 is 1. The highest BCUT2D eigenvalue weighted by Crippen LogP contribution is 2.25. The molecular weight excluding hydrogens is 204 g/mol. The summed E-state index contributed by atoms with van der Waals surface area (Å²) in [5.74, 6) is 1.52. The lowest BCUT2D eigenvalue weighted by atomic mass is 10.3. The maximum Gasteiger partial charge on any atom is 0.161 e. The van der Waals surface area contributed by atoms with Gasteiger partial charge in [0.05, 0.1) is 19.8 Å². The Balaban J connectivity index is 2.31. The molecule has 0 aliphatic heterocycles. The summed E-state index contributed by atoms with van der Waals surface area (Å²) in [7, 11) is 1.64. The van der Waals surface area contributed by atoms with Gasteiger partial charge >= 0.3 is 0 Å². The number of hydrogen-bond acceptors (Lipinski definition) is 3. The monoisotopic (exact) mass is 224 g/mol. The summed E-state index contributed by atoms with van der Waals surface area (Å²) < 4.78 is 16.3. The summed E-state index contributed by atoms with van der Waals surface area (Å²) in [5, 5.41) is 0. The van der Waals surface area contributed by atoms with E-state index >= 15 is 0 Å². The molecular formula is C13H20O3. The number of ether oxygens (including phenoxy) is 3. The lowest BCUT2D eigenvalue weighted by molar-refractivity contribution is 0.0422. The predicted octanol–water partition coefficient (Wildman–Crippen LogP) is 2.89. The molecule has 1 aromatic rings.